The van der Waals surface area contributed by atoms with E-state index in [1.165, 1.54) is 10.6 Å². The van der Waals surface area contributed by atoms with Crippen LogP contribution < -0.4 is 5.73 Å². The SMILES string of the molecule is NCCCCn1nccc1-c1cccs1. The van der Waals surface area contributed by atoms with Gasteiger partial charge in [0.05, 0.1) is 10.6 Å². The topological polar surface area (TPSA) is 43.8 Å². The van der Waals surface area contributed by atoms with E-state index in [2.05, 4.69) is 33.4 Å². The third-order valence-electron chi connectivity index (χ3n) is 2.31. The Morgan fingerprint density at radius 1 is 1.33 bits per heavy atom. The Kier molecular flexibility index (Phi) is 3.53. The molecule has 0 aromatic carbocycles. The smallest absolute Gasteiger partial charge is 0.0781 e. The molecule has 2 heterocycles. The fourth-order valence-electron chi connectivity index (χ4n) is 1.55. The minimum absolute atomic E-state index is 0.760. The first kappa shape index (κ1) is 10.4. The highest BCUT2D eigenvalue weighted by Crippen LogP contribution is 2.24. The average molecular weight is 221 g/mol. The summed E-state index contributed by atoms with van der Waals surface area (Å²) in [5.41, 5.74) is 6.68. The number of aromatic nitrogens is 2. The standard InChI is InChI=1S/C11H15N3S/c12-6-1-2-8-14-10(5-7-13-14)11-4-3-9-15-11/h3-5,7,9H,1-2,6,8,12H2. The summed E-state index contributed by atoms with van der Waals surface area (Å²) in [4.78, 5) is 1.28. The zero-order valence-electron chi connectivity index (χ0n) is 8.60. The van der Waals surface area contributed by atoms with Gasteiger partial charge in [0.2, 0.25) is 0 Å². The molecule has 0 saturated heterocycles. The van der Waals surface area contributed by atoms with Crippen molar-refractivity contribution in [1.82, 2.24) is 9.78 Å². The number of unbranched alkanes of at least 4 members (excludes halogenated alkanes) is 1. The van der Waals surface area contributed by atoms with Crippen LogP contribution in [0.25, 0.3) is 10.6 Å². The number of nitrogens with two attached hydrogens (primary N) is 1. The van der Waals surface area contributed by atoms with E-state index in [1.807, 2.05) is 6.20 Å². The highest BCUT2D eigenvalue weighted by atomic mass is 32.1. The molecule has 0 fully saturated rings. The minimum atomic E-state index is 0.760. The van der Waals surface area contributed by atoms with Crippen molar-refractivity contribution in [2.24, 2.45) is 5.73 Å². The fraction of sp³-hybridized carbons (Fsp3) is 0.364. The van der Waals surface area contributed by atoms with Crippen LogP contribution in [0, 0.1) is 0 Å². The summed E-state index contributed by atoms with van der Waals surface area (Å²) in [5.74, 6) is 0. The van der Waals surface area contributed by atoms with Gasteiger partial charge in [0.25, 0.3) is 0 Å². The molecule has 0 atom stereocenters. The summed E-state index contributed by atoms with van der Waals surface area (Å²) >= 11 is 1.75. The van der Waals surface area contributed by atoms with Gasteiger partial charge in [-0.25, -0.2) is 0 Å². The lowest BCUT2D eigenvalue weighted by atomic mass is 10.3. The number of nitrogens with zero attached hydrogens (tertiary/aromatic N) is 2. The molecule has 4 heteroatoms. The van der Waals surface area contributed by atoms with E-state index in [-0.39, 0.29) is 0 Å². The predicted octanol–water partition coefficient (Wildman–Crippen LogP) is 2.35. The number of hydrogen-bond donors (Lipinski definition) is 1. The second kappa shape index (κ2) is 5.09. The highest BCUT2D eigenvalue weighted by molar-refractivity contribution is 7.13. The molecule has 0 bridgehead atoms. The molecule has 0 aliphatic heterocycles. The van der Waals surface area contributed by atoms with E-state index in [1.54, 1.807) is 11.3 Å². The van der Waals surface area contributed by atoms with Gasteiger partial charge >= 0.3 is 0 Å². The minimum Gasteiger partial charge on any atom is -0.330 e. The molecule has 3 nitrogen and oxygen atoms in total. The molecule has 15 heavy (non-hydrogen) atoms. The van der Waals surface area contributed by atoms with E-state index in [0.717, 1.165) is 25.9 Å². The second-order valence-corrected chi connectivity index (χ2v) is 4.36. The van der Waals surface area contributed by atoms with Gasteiger partial charge in [-0.3, -0.25) is 4.68 Å². The third kappa shape index (κ3) is 2.46. The van der Waals surface area contributed by atoms with Crippen molar-refractivity contribution in [3.05, 3.63) is 29.8 Å². The van der Waals surface area contributed by atoms with Crippen molar-refractivity contribution >= 4 is 11.3 Å². The van der Waals surface area contributed by atoms with Gasteiger partial charge in [-0.1, -0.05) is 6.07 Å². The number of rotatable bonds is 5. The molecule has 2 rings (SSSR count). The first-order chi connectivity index (χ1) is 7.42. The molecule has 0 amide bonds. The molecule has 0 spiro atoms. The molecule has 0 unspecified atom stereocenters. The van der Waals surface area contributed by atoms with Gasteiger partial charge in [-0.2, -0.15) is 5.10 Å². The maximum Gasteiger partial charge on any atom is 0.0781 e. The van der Waals surface area contributed by atoms with Gasteiger partial charge in [0.15, 0.2) is 0 Å². The van der Waals surface area contributed by atoms with Crippen molar-refractivity contribution in [2.75, 3.05) is 6.54 Å². The largest absolute Gasteiger partial charge is 0.330 e. The summed E-state index contributed by atoms with van der Waals surface area (Å²) < 4.78 is 2.06. The first-order valence-electron chi connectivity index (χ1n) is 5.17. The fourth-order valence-corrected chi connectivity index (χ4v) is 2.31. The molecule has 0 radical (unpaired) electrons. The Morgan fingerprint density at radius 2 is 2.27 bits per heavy atom. The van der Waals surface area contributed by atoms with Gasteiger partial charge in [-0.05, 0) is 36.9 Å². The maximum atomic E-state index is 5.47. The van der Waals surface area contributed by atoms with Gasteiger partial charge in [0.1, 0.15) is 0 Å². The van der Waals surface area contributed by atoms with Crippen LogP contribution in [0.5, 0.6) is 0 Å². The van der Waals surface area contributed by atoms with Crippen LogP contribution in [0.4, 0.5) is 0 Å². The van der Waals surface area contributed by atoms with Crippen LogP contribution in [0.1, 0.15) is 12.8 Å². The molecule has 0 saturated carbocycles. The van der Waals surface area contributed by atoms with Crippen LogP contribution in [-0.4, -0.2) is 16.3 Å². The molecular weight excluding hydrogens is 206 g/mol. The van der Waals surface area contributed by atoms with Crippen molar-refractivity contribution < 1.29 is 0 Å². The lowest BCUT2D eigenvalue weighted by Crippen LogP contribution is -2.05. The average Bonchev–Trinajstić information content (AvgIpc) is 2.87. The Morgan fingerprint density at radius 3 is 3.00 bits per heavy atom. The Balaban J connectivity index is 2.09. The lowest BCUT2D eigenvalue weighted by Gasteiger charge is -2.04. The molecular formula is C11H15N3S. The zero-order valence-corrected chi connectivity index (χ0v) is 9.41. The monoisotopic (exact) mass is 221 g/mol. The van der Waals surface area contributed by atoms with Gasteiger partial charge < -0.3 is 5.73 Å². The summed E-state index contributed by atoms with van der Waals surface area (Å²) in [5, 5.41) is 6.42. The van der Waals surface area contributed by atoms with Crippen molar-refractivity contribution in [1.29, 1.82) is 0 Å². The number of hydrogen-bond acceptors (Lipinski definition) is 3. The summed E-state index contributed by atoms with van der Waals surface area (Å²) in [6, 6.07) is 6.26. The van der Waals surface area contributed by atoms with Crippen LogP contribution in [0.3, 0.4) is 0 Å². The van der Waals surface area contributed by atoms with Gasteiger partial charge in [0, 0.05) is 12.7 Å². The quantitative estimate of drug-likeness (QED) is 0.788. The van der Waals surface area contributed by atoms with E-state index < -0.39 is 0 Å². The number of aryl methyl sites for hydroxylation is 1. The van der Waals surface area contributed by atoms with E-state index in [0.29, 0.717) is 0 Å². The van der Waals surface area contributed by atoms with Crippen molar-refractivity contribution in [3.8, 4) is 10.6 Å². The van der Waals surface area contributed by atoms with Crippen LogP contribution in [0.2, 0.25) is 0 Å². The predicted molar refractivity (Wildman–Crippen MR) is 63.8 cm³/mol. The summed E-state index contributed by atoms with van der Waals surface area (Å²) in [7, 11) is 0. The third-order valence-corrected chi connectivity index (χ3v) is 3.21. The molecule has 80 valence electrons. The molecule has 0 aliphatic carbocycles. The normalized spacial score (nSPS) is 10.7. The van der Waals surface area contributed by atoms with E-state index >= 15 is 0 Å². The maximum absolute atomic E-state index is 5.47. The van der Waals surface area contributed by atoms with Gasteiger partial charge in [-0.15, -0.1) is 11.3 Å². The summed E-state index contributed by atoms with van der Waals surface area (Å²) in [6.45, 7) is 1.72. The first-order valence-corrected chi connectivity index (χ1v) is 6.05. The van der Waals surface area contributed by atoms with Crippen LogP contribution in [0.15, 0.2) is 29.8 Å². The van der Waals surface area contributed by atoms with E-state index in [4.69, 9.17) is 5.73 Å². The van der Waals surface area contributed by atoms with Crippen LogP contribution >= 0.6 is 11.3 Å². The van der Waals surface area contributed by atoms with Crippen LogP contribution in [-0.2, 0) is 6.54 Å². The Hall–Kier alpha value is -1.13. The number of thiophene rings is 1. The molecule has 2 aromatic rings. The van der Waals surface area contributed by atoms with Crippen molar-refractivity contribution in [3.63, 3.8) is 0 Å². The highest BCUT2D eigenvalue weighted by Gasteiger charge is 2.05. The van der Waals surface area contributed by atoms with E-state index in [9.17, 15) is 0 Å². The second-order valence-electron chi connectivity index (χ2n) is 3.41. The Labute approximate surface area is 93.5 Å². The molecule has 2 N–H and O–H groups in total. The molecule has 2 aromatic heterocycles. The lowest BCUT2D eigenvalue weighted by molar-refractivity contribution is 0.567. The molecule has 0 aliphatic rings. The summed E-state index contributed by atoms with van der Waals surface area (Å²) in [6.07, 6.45) is 4.01. The Bertz CT molecular complexity index is 392. The van der Waals surface area contributed by atoms with Crippen molar-refractivity contribution in [2.45, 2.75) is 19.4 Å². The zero-order chi connectivity index (χ0) is 10.5.